The first kappa shape index (κ1) is 20.5. The third-order valence-corrected chi connectivity index (χ3v) is 5.33. The fourth-order valence-electron chi connectivity index (χ4n) is 3.26. The number of para-hydroxylation sites is 1. The van der Waals surface area contributed by atoms with Crippen molar-refractivity contribution in [1.29, 1.82) is 0 Å². The topological polar surface area (TPSA) is 44.8 Å². The third kappa shape index (κ3) is 4.97. The summed E-state index contributed by atoms with van der Waals surface area (Å²) < 4.78 is 5.85. The van der Waals surface area contributed by atoms with Gasteiger partial charge in [-0.25, -0.2) is 0 Å². The number of carbonyl (C=O) groups excluding carboxylic acids is 1. The molecular weight excluding hydrogens is 374 g/mol. The smallest absolute Gasteiger partial charge is 0.267 e. The van der Waals surface area contributed by atoms with E-state index in [1.54, 1.807) is 19.9 Å². The van der Waals surface area contributed by atoms with E-state index in [2.05, 4.69) is 22.0 Å². The molecule has 1 heterocycles. The number of hydrogen-bond donors (Lipinski definition) is 1. The van der Waals surface area contributed by atoms with Crippen LogP contribution >= 0.6 is 11.6 Å². The normalized spacial score (nSPS) is 15.4. The molecule has 0 radical (unpaired) electrons. The van der Waals surface area contributed by atoms with Crippen molar-refractivity contribution in [2.75, 3.05) is 42.9 Å². The van der Waals surface area contributed by atoms with Gasteiger partial charge in [-0.3, -0.25) is 4.79 Å². The summed E-state index contributed by atoms with van der Waals surface area (Å²) in [5.41, 5.74) is 0.661. The third-order valence-electron chi connectivity index (χ3n) is 5.03. The molecule has 0 aliphatic carbocycles. The van der Waals surface area contributed by atoms with Crippen LogP contribution in [0.3, 0.4) is 0 Å². The lowest BCUT2D eigenvalue weighted by Crippen LogP contribution is -2.46. The highest BCUT2D eigenvalue weighted by molar-refractivity contribution is 6.33. The van der Waals surface area contributed by atoms with Crippen LogP contribution in [0.2, 0.25) is 5.02 Å². The quantitative estimate of drug-likeness (QED) is 0.784. The van der Waals surface area contributed by atoms with Gasteiger partial charge in [0.1, 0.15) is 5.75 Å². The zero-order chi connectivity index (χ0) is 20.1. The summed E-state index contributed by atoms with van der Waals surface area (Å²) >= 11 is 6.52. The maximum atomic E-state index is 12.7. The van der Waals surface area contributed by atoms with Crippen LogP contribution in [0, 0.1) is 0 Å². The van der Waals surface area contributed by atoms with E-state index in [9.17, 15) is 4.79 Å². The number of amides is 1. The number of hydrogen-bond acceptors (Lipinski definition) is 4. The molecule has 6 heteroatoms. The molecule has 3 rings (SSSR count). The number of rotatable bonds is 6. The van der Waals surface area contributed by atoms with Crippen LogP contribution in [0.1, 0.15) is 20.8 Å². The van der Waals surface area contributed by atoms with Gasteiger partial charge in [-0.2, -0.15) is 0 Å². The van der Waals surface area contributed by atoms with Gasteiger partial charge in [0.15, 0.2) is 5.60 Å². The highest BCUT2D eigenvalue weighted by Crippen LogP contribution is 2.30. The minimum atomic E-state index is -1.01. The average molecular weight is 402 g/mol. The molecule has 2 aromatic carbocycles. The number of carbonyl (C=O) groups is 1. The van der Waals surface area contributed by atoms with Gasteiger partial charge in [0.25, 0.3) is 5.91 Å². The zero-order valence-electron chi connectivity index (χ0n) is 16.7. The van der Waals surface area contributed by atoms with Crippen molar-refractivity contribution in [3.63, 3.8) is 0 Å². The zero-order valence-corrected chi connectivity index (χ0v) is 17.5. The van der Waals surface area contributed by atoms with Crippen molar-refractivity contribution < 1.29 is 9.53 Å². The van der Waals surface area contributed by atoms with E-state index in [-0.39, 0.29) is 5.91 Å². The summed E-state index contributed by atoms with van der Waals surface area (Å²) in [6, 6.07) is 15.0. The molecule has 1 aliphatic rings. The van der Waals surface area contributed by atoms with Gasteiger partial charge in [-0.1, -0.05) is 36.7 Å². The highest BCUT2D eigenvalue weighted by atomic mass is 35.5. The number of anilines is 2. The van der Waals surface area contributed by atoms with Crippen molar-refractivity contribution in [2.24, 2.45) is 0 Å². The Labute approximate surface area is 172 Å². The summed E-state index contributed by atoms with van der Waals surface area (Å²) in [6.45, 7) is 10.7. The van der Waals surface area contributed by atoms with Crippen molar-refractivity contribution in [3.8, 4) is 5.75 Å². The van der Waals surface area contributed by atoms with Gasteiger partial charge < -0.3 is 19.9 Å². The number of nitrogens with one attached hydrogen (secondary N) is 1. The Kier molecular flexibility index (Phi) is 6.47. The van der Waals surface area contributed by atoms with Crippen LogP contribution in [0.15, 0.2) is 48.5 Å². The van der Waals surface area contributed by atoms with Gasteiger partial charge in [0.2, 0.25) is 0 Å². The Bertz CT molecular complexity index is 803. The van der Waals surface area contributed by atoms with E-state index in [1.807, 2.05) is 42.5 Å². The molecule has 5 nitrogen and oxygen atoms in total. The molecule has 28 heavy (non-hydrogen) atoms. The number of ether oxygens (including phenoxy) is 1. The van der Waals surface area contributed by atoms with E-state index in [0.29, 0.717) is 16.5 Å². The Morgan fingerprint density at radius 3 is 2.39 bits per heavy atom. The Balaban J connectivity index is 1.64. The van der Waals surface area contributed by atoms with Gasteiger partial charge in [0.05, 0.1) is 10.7 Å². The highest BCUT2D eigenvalue weighted by Gasteiger charge is 2.30. The van der Waals surface area contributed by atoms with Crippen molar-refractivity contribution >= 4 is 28.9 Å². The molecule has 2 aromatic rings. The lowest BCUT2D eigenvalue weighted by Gasteiger charge is -2.36. The van der Waals surface area contributed by atoms with E-state index >= 15 is 0 Å². The van der Waals surface area contributed by atoms with E-state index in [4.69, 9.17) is 16.3 Å². The number of likely N-dealkylation sites (N-methyl/N-ethyl adjacent to an activating group) is 1. The molecule has 0 aromatic heterocycles. The minimum Gasteiger partial charge on any atom is -0.478 e. The summed E-state index contributed by atoms with van der Waals surface area (Å²) in [7, 11) is 0. The van der Waals surface area contributed by atoms with Crippen LogP contribution < -0.4 is 15.0 Å². The first-order chi connectivity index (χ1) is 13.4. The van der Waals surface area contributed by atoms with Crippen LogP contribution in [0.25, 0.3) is 0 Å². The van der Waals surface area contributed by atoms with Crippen LogP contribution in [-0.4, -0.2) is 49.1 Å². The Morgan fingerprint density at radius 1 is 1.11 bits per heavy atom. The SMILES string of the molecule is CCN1CCN(c2ccc(NC(=O)C(C)(C)Oc3ccccc3)cc2Cl)CC1. The second kappa shape index (κ2) is 8.84. The van der Waals surface area contributed by atoms with Gasteiger partial charge in [-0.05, 0) is 50.7 Å². The van der Waals surface area contributed by atoms with Crippen LogP contribution in [0.4, 0.5) is 11.4 Å². The molecule has 1 saturated heterocycles. The summed E-state index contributed by atoms with van der Waals surface area (Å²) in [6.07, 6.45) is 0. The van der Waals surface area contributed by atoms with E-state index < -0.39 is 5.60 Å². The number of piperazine rings is 1. The molecule has 1 N–H and O–H groups in total. The lowest BCUT2D eigenvalue weighted by molar-refractivity contribution is -0.128. The standard InChI is InChI=1S/C22H28ClN3O2/c1-4-25-12-14-26(15-13-25)20-11-10-17(16-19(20)23)24-21(27)22(2,3)28-18-8-6-5-7-9-18/h5-11,16H,4,12-15H2,1-3H3,(H,24,27). The molecule has 0 unspecified atom stereocenters. The first-order valence-corrected chi connectivity index (χ1v) is 10.1. The summed E-state index contributed by atoms with van der Waals surface area (Å²) in [5.74, 6) is 0.430. The summed E-state index contributed by atoms with van der Waals surface area (Å²) in [5, 5.41) is 3.56. The van der Waals surface area contributed by atoms with Gasteiger partial charge >= 0.3 is 0 Å². The molecule has 1 aliphatic heterocycles. The number of benzene rings is 2. The van der Waals surface area contributed by atoms with Crippen molar-refractivity contribution in [1.82, 2.24) is 4.90 Å². The molecule has 1 amide bonds. The predicted octanol–water partition coefficient (Wildman–Crippen LogP) is 4.28. The predicted molar refractivity (Wildman–Crippen MR) is 116 cm³/mol. The maximum Gasteiger partial charge on any atom is 0.267 e. The average Bonchev–Trinajstić information content (AvgIpc) is 2.69. The summed E-state index contributed by atoms with van der Waals surface area (Å²) in [4.78, 5) is 17.4. The number of halogens is 1. The monoisotopic (exact) mass is 401 g/mol. The fraction of sp³-hybridized carbons (Fsp3) is 0.409. The van der Waals surface area contributed by atoms with Gasteiger partial charge in [0, 0.05) is 31.9 Å². The van der Waals surface area contributed by atoms with Gasteiger partial charge in [-0.15, -0.1) is 0 Å². The largest absolute Gasteiger partial charge is 0.478 e. The maximum absolute atomic E-state index is 12.7. The van der Waals surface area contributed by atoms with E-state index in [1.165, 1.54) is 0 Å². The molecule has 0 atom stereocenters. The molecule has 0 spiro atoms. The minimum absolute atomic E-state index is 0.225. The van der Waals surface area contributed by atoms with Crippen LogP contribution in [0.5, 0.6) is 5.75 Å². The molecule has 0 bridgehead atoms. The number of nitrogens with zero attached hydrogens (tertiary/aromatic N) is 2. The first-order valence-electron chi connectivity index (χ1n) is 9.71. The van der Waals surface area contributed by atoms with Crippen molar-refractivity contribution in [2.45, 2.75) is 26.4 Å². The second-order valence-corrected chi connectivity index (χ2v) is 7.87. The molecule has 150 valence electrons. The van der Waals surface area contributed by atoms with Crippen LogP contribution in [-0.2, 0) is 4.79 Å². The van der Waals surface area contributed by atoms with E-state index in [0.717, 1.165) is 38.4 Å². The Hall–Kier alpha value is -2.24. The Morgan fingerprint density at radius 2 is 1.79 bits per heavy atom. The second-order valence-electron chi connectivity index (χ2n) is 7.47. The van der Waals surface area contributed by atoms with Crippen molar-refractivity contribution in [3.05, 3.63) is 53.6 Å². The molecular formula is C22H28ClN3O2. The fourth-order valence-corrected chi connectivity index (χ4v) is 3.56. The molecule has 1 fully saturated rings. The lowest BCUT2D eigenvalue weighted by atomic mass is 10.1. The molecule has 0 saturated carbocycles.